The molecule has 0 aromatic carbocycles. The number of hydrogen-bond donors (Lipinski definition) is 2. The number of unbranched alkanes of at least 4 members (excludes halogenated alkanes) is 1. The summed E-state index contributed by atoms with van der Waals surface area (Å²) in [6, 6.07) is 0. The fourth-order valence-electron chi connectivity index (χ4n) is 2.41. The van der Waals surface area contributed by atoms with Crippen molar-refractivity contribution in [1.29, 1.82) is 0 Å². The minimum atomic E-state index is 0.341. The van der Waals surface area contributed by atoms with Crippen molar-refractivity contribution in [3.63, 3.8) is 0 Å². The van der Waals surface area contributed by atoms with Crippen molar-refractivity contribution >= 4 is 5.96 Å². The molecule has 0 aromatic rings. The summed E-state index contributed by atoms with van der Waals surface area (Å²) in [5.41, 5.74) is 5.78. The van der Waals surface area contributed by atoms with E-state index in [2.05, 4.69) is 36.0 Å². The fraction of sp³-hybridized carbons (Fsp3) is 0.929. The first-order chi connectivity index (χ1) is 9.11. The van der Waals surface area contributed by atoms with Gasteiger partial charge in [0.15, 0.2) is 5.96 Å². The van der Waals surface area contributed by atoms with E-state index >= 15 is 0 Å². The molecule has 0 spiro atoms. The van der Waals surface area contributed by atoms with Gasteiger partial charge in [-0.3, -0.25) is 9.89 Å². The molecule has 1 rings (SSSR count). The van der Waals surface area contributed by atoms with E-state index in [1.54, 1.807) is 0 Å². The standard InChI is InChI=1S/C14H30N4O/c1-4-5-7-16-14(15)17-8-6-9-18-10-12(2)19-13(3)11-18/h12-13H,4-11H2,1-3H3,(H3,15,16,17). The first kappa shape index (κ1) is 16.2. The van der Waals surface area contributed by atoms with E-state index in [1.807, 2.05) is 0 Å². The summed E-state index contributed by atoms with van der Waals surface area (Å²) in [7, 11) is 0. The van der Waals surface area contributed by atoms with E-state index in [0.29, 0.717) is 18.2 Å². The molecule has 0 amide bonds. The third-order valence-electron chi connectivity index (χ3n) is 3.25. The number of rotatable bonds is 7. The van der Waals surface area contributed by atoms with Gasteiger partial charge in [-0.15, -0.1) is 0 Å². The normalized spacial score (nSPS) is 25.5. The van der Waals surface area contributed by atoms with Crippen LogP contribution in [0.15, 0.2) is 4.99 Å². The predicted octanol–water partition coefficient (Wildman–Crippen LogP) is 1.19. The van der Waals surface area contributed by atoms with Gasteiger partial charge >= 0.3 is 0 Å². The van der Waals surface area contributed by atoms with Crippen molar-refractivity contribution in [1.82, 2.24) is 10.2 Å². The van der Waals surface area contributed by atoms with Gasteiger partial charge in [-0.1, -0.05) is 13.3 Å². The highest BCUT2D eigenvalue weighted by atomic mass is 16.5. The summed E-state index contributed by atoms with van der Waals surface area (Å²) in [6.45, 7) is 11.3. The van der Waals surface area contributed by atoms with Crippen LogP contribution in [0.1, 0.15) is 40.0 Å². The number of nitrogens with two attached hydrogens (primary N) is 1. The van der Waals surface area contributed by atoms with Gasteiger partial charge in [0, 0.05) is 32.7 Å². The molecule has 1 aliphatic rings. The molecular formula is C14H30N4O. The molecule has 1 fully saturated rings. The molecule has 5 heteroatoms. The Morgan fingerprint density at radius 2 is 2.00 bits per heavy atom. The van der Waals surface area contributed by atoms with Crippen molar-refractivity contribution in [2.24, 2.45) is 10.7 Å². The first-order valence-electron chi connectivity index (χ1n) is 7.53. The lowest BCUT2D eigenvalue weighted by Crippen LogP contribution is -2.45. The second kappa shape index (κ2) is 9.15. The maximum absolute atomic E-state index is 5.78. The highest BCUT2D eigenvalue weighted by Gasteiger charge is 2.21. The molecule has 0 radical (unpaired) electrons. The SMILES string of the molecule is CCCCNC(N)=NCCCN1CC(C)OC(C)C1. The Labute approximate surface area is 117 Å². The predicted molar refractivity (Wildman–Crippen MR) is 80.5 cm³/mol. The molecule has 0 aromatic heterocycles. The zero-order valence-corrected chi connectivity index (χ0v) is 12.7. The molecule has 2 unspecified atom stereocenters. The van der Waals surface area contributed by atoms with Crippen LogP contribution in [0, 0.1) is 0 Å². The maximum Gasteiger partial charge on any atom is 0.188 e. The van der Waals surface area contributed by atoms with Crippen LogP contribution in [0.4, 0.5) is 0 Å². The minimum absolute atomic E-state index is 0.341. The maximum atomic E-state index is 5.78. The second-order valence-corrected chi connectivity index (χ2v) is 5.42. The van der Waals surface area contributed by atoms with Crippen LogP contribution < -0.4 is 11.1 Å². The summed E-state index contributed by atoms with van der Waals surface area (Å²) in [5, 5.41) is 3.13. The van der Waals surface area contributed by atoms with Gasteiger partial charge < -0.3 is 15.8 Å². The number of guanidine groups is 1. The third-order valence-corrected chi connectivity index (χ3v) is 3.25. The van der Waals surface area contributed by atoms with E-state index in [4.69, 9.17) is 10.5 Å². The van der Waals surface area contributed by atoms with Crippen LogP contribution in [0.5, 0.6) is 0 Å². The Bertz CT molecular complexity index is 260. The van der Waals surface area contributed by atoms with Crippen molar-refractivity contribution in [2.75, 3.05) is 32.7 Å². The zero-order chi connectivity index (χ0) is 14.1. The lowest BCUT2D eigenvalue weighted by molar-refractivity contribution is -0.0679. The van der Waals surface area contributed by atoms with Crippen LogP contribution in [-0.4, -0.2) is 55.8 Å². The van der Waals surface area contributed by atoms with Crippen molar-refractivity contribution in [2.45, 2.75) is 52.2 Å². The highest BCUT2D eigenvalue weighted by molar-refractivity contribution is 5.77. The Kier molecular flexibility index (Phi) is 7.82. The molecule has 1 aliphatic heterocycles. The molecule has 0 bridgehead atoms. The number of nitrogens with zero attached hydrogens (tertiary/aromatic N) is 2. The summed E-state index contributed by atoms with van der Waals surface area (Å²) in [5.74, 6) is 0.581. The van der Waals surface area contributed by atoms with Crippen LogP contribution in [0.3, 0.4) is 0 Å². The summed E-state index contributed by atoms with van der Waals surface area (Å²) in [6.07, 6.45) is 4.05. The molecule has 0 saturated carbocycles. The summed E-state index contributed by atoms with van der Waals surface area (Å²) >= 11 is 0. The average molecular weight is 270 g/mol. The molecule has 1 saturated heterocycles. The number of hydrogen-bond acceptors (Lipinski definition) is 3. The smallest absolute Gasteiger partial charge is 0.188 e. The summed E-state index contributed by atoms with van der Waals surface area (Å²) in [4.78, 5) is 6.80. The molecule has 0 aliphatic carbocycles. The molecule has 5 nitrogen and oxygen atoms in total. The first-order valence-corrected chi connectivity index (χ1v) is 7.53. The quantitative estimate of drug-likeness (QED) is 0.414. The Morgan fingerprint density at radius 3 is 2.63 bits per heavy atom. The molecule has 2 atom stereocenters. The van der Waals surface area contributed by atoms with Crippen LogP contribution >= 0.6 is 0 Å². The molecule has 112 valence electrons. The Morgan fingerprint density at radius 1 is 1.32 bits per heavy atom. The zero-order valence-electron chi connectivity index (χ0n) is 12.7. The fourth-order valence-corrected chi connectivity index (χ4v) is 2.41. The second-order valence-electron chi connectivity index (χ2n) is 5.42. The lowest BCUT2D eigenvalue weighted by Gasteiger charge is -2.35. The van der Waals surface area contributed by atoms with Gasteiger partial charge in [-0.25, -0.2) is 0 Å². The van der Waals surface area contributed by atoms with E-state index in [9.17, 15) is 0 Å². The van der Waals surface area contributed by atoms with Crippen molar-refractivity contribution < 1.29 is 4.74 Å². The average Bonchev–Trinajstić information content (AvgIpc) is 2.34. The third kappa shape index (κ3) is 7.38. The van der Waals surface area contributed by atoms with Gasteiger partial charge in [0.05, 0.1) is 12.2 Å². The van der Waals surface area contributed by atoms with E-state index in [0.717, 1.165) is 45.6 Å². The van der Waals surface area contributed by atoms with E-state index < -0.39 is 0 Å². The molecule has 19 heavy (non-hydrogen) atoms. The van der Waals surface area contributed by atoms with Crippen molar-refractivity contribution in [3.8, 4) is 0 Å². The van der Waals surface area contributed by atoms with Crippen LogP contribution in [0.2, 0.25) is 0 Å². The van der Waals surface area contributed by atoms with Gasteiger partial charge in [0.1, 0.15) is 0 Å². The van der Waals surface area contributed by atoms with Crippen LogP contribution in [-0.2, 0) is 4.74 Å². The van der Waals surface area contributed by atoms with Gasteiger partial charge in [0.2, 0.25) is 0 Å². The van der Waals surface area contributed by atoms with E-state index in [-0.39, 0.29) is 0 Å². The minimum Gasteiger partial charge on any atom is -0.373 e. The number of nitrogens with one attached hydrogen (secondary N) is 1. The lowest BCUT2D eigenvalue weighted by atomic mass is 10.2. The number of morpholine rings is 1. The van der Waals surface area contributed by atoms with E-state index in [1.165, 1.54) is 6.42 Å². The number of ether oxygens (including phenoxy) is 1. The molecule has 3 N–H and O–H groups in total. The topological polar surface area (TPSA) is 62.9 Å². The largest absolute Gasteiger partial charge is 0.373 e. The highest BCUT2D eigenvalue weighted by Crippen LogP contribution is 2.10. The molecular weight excluding hydrogens is 240 g/mol. The Balaban J connectivity index is 2.10. The Hall–Kier alpha value is -0.810. The monoisotopic (exact) mass is 270 g/mol. The van der Waals surface area contributed by atoms with Gasteiger partial charge in [0.25, 0.3) is 0 Å². The van der Waals surface area contributed by atoms with Gasteiger partial charge in [-0.2, -0.15) is 0 Å². The molecule has 1 heterocycles. The number of aliphatic imine (C=N–C) groups is 1. The van der Waals surface area contributed by atoms with Crippen molar-refractivity contribution in [3.05, 3.63) is 0 Å². The van der Waals surface area contributed by atoms with Gasteiger partial charge in [-0.05, 0) is 26.7 Å². The van der Waals surface area contributed by atoms with Crippen LogP contribution in [0.25, 0.3) is 0 Å². The summed E-state index contributed by atoms with van der Waals surface area (Å²) < 4.78 is 5.72.